The summed E-state index contributed by atoms with van der Waals surface area (Å²) in [5, 5.41) is 0. The van der Waals surface area contributed by atoms with Crippen LogP contribution in [0.25, 0.3) is 6.08 Å². The molecule has 3 aromatic rings. The van der Waals surface area contributed by atoms with Crippen LogP contribution in [-0.2, 0) is 26.2 Å². The van der Waals surface area contributed by atoms with Gasteiger partial charge < -0.3 is 9.15 Å². The second-order valence-electron chi connectivity index (χ2n) is 7.74. The SMILES string of the molecule is Cc1cccc(OC(C)C(=O)NNC(=O)C=Cc2ccc(S(=O)(=O)NCc3ccco3)cc2)c1C. The summed E-state index contributed by atoms with van der Waals surface area (Å²) < 4.78 is 38.0. The number of amides is 2. The highest BCUT2D eigenvalue weighted by Gasteiger charge is 2.17. The van der Waals surface area contributed by atoms with Crippen molar-refractivity contribution in [3.63, 3.8) is 0 Å². The van der Waals surface area contributed by atoms with Crippen LogP contribution in [-0.4, -0.2) is 26.3 Å². The van der Waals surface area contributed by atoms with Gasteiger partial charge >= 0.3 is 0 Å². The zero-order valence-electron chi connectivity index (χ0n) is 19.6. The molecule has 0 aliphatic rings. The molecule has 0 bridgehead atoms. The fourth-order valence-electron chi connectivity index (χ4n) is 2.95. The van der Waals surface area contributed by atoms with Crippen LogP contribution in [0.15, 0.2) is 76.2 Å². The number of hydrogen-bond donors (Lipinski definition) is 3. The molecule has 3 rings (SSSR count). The van der Waals surface area contributed by atoms with Crippen LogP contribution in [0.5, 0.6) is 5.75 Å². The number of hydrogen-bond acceptors (Lipinski definition) is 6. The summed E-state index contributed by atoms with van der Waals surface area (Å²) in [6.07, 6.45) is 3.35. The van der Waals surface area contributed by atoms with E-state index in [-0.39, 0.29) is 11.4 Å². The third-order valence-corrected chi connectivity index (χ3v) is 6.59. The average molecular weight is 498 g/mol. The van der Waals surface area contributed by atoms with Crippen LogP contribution in [0, 0.1) is 13.8 Å². The molecule has 2 aromatic carbocycles. The predicted molar refractivity (Wildman–Crippen MR) is 131 cm³/mol. The van der Waals surface area contributed by atoms with Gasteiger partial charge in [-0.05, 0) is 73.9 Å². The molecule has 0 aliphatic carbocycles. The van der Waals surface area contributed by atoms with Gasteiger partial charge in [0.05, 0.1) is 17.7 Å². The van der Waals surface area contributed by atoms with Gasteiger partial charge in [-0.15, -0.1) is 0 Å². The molecule has 9 nitrogen and oxygen atoms in total. The average Bonchev–Trinajstić information content (AvgIpc) is 3.37. The highest BCUT2D eigenvalue weighted by Crippen LogP contribution is 2.21. The Balaban J connectivity index is 1.48. The molecule has 10 heteroatoms. The van der Waals surface area contributed by atoms with E-state index >= 15 is 0 Å². The molecule has 0 aliphatic heterocycles. The summed E-state index contributed by atoms with van der Waals surface area (Å²) in [7, 11) is -3.71. The Morgan fingerprint density at radius 2 is 1.77 bits per heavy atom. The molecule has 35 heavy (non-hydrogen) atoms. The van der Waals surface area contributed by atoms with E-state index in [1.807, 2.05) is 26.0 Å². The van der Waals surface area contributed by atoms with Crippen LogP contribution in [0.2, 0.25) is 0 Å². The summed E-state index contributed by atoms with van der Waals surface area (Å²) in [6, 6.07) is 14.9. The molecule has 0 spiro atoms. The number of furan rings is 1. The van der Waals surface area contributed by atoms with Crippen LogP contribution in [0.3, 0.4) is 0 Å². The van der Waals surface area contributed by atoms with Gasteiger partial charge in [-0.3, -0.25) is 20.4 Å². The van der Waals surface area contributed by atoms with E-state index in [9.17, 15) is 18.0 Å². The maximum atomic E-state index is 12.4. The number of benzene rings is 2. The Bertz CT molecular complexity index is 1300. The van der Waals surface area contributed by atoms with Crippen molar-refractivity contribution < 1.29 is 27.2 Å². The number of nitrogens with one attached hydrogen (secondary N) is 3. The standard InChI is InChI=1S/C25H27N3O6S/c1-17-6-4-8-23(18(17)2)34-19(3)25(30)28-27-24(29)14-11-20-9-12-22(13-10-20)35(31,32)26-16-21-7-5-15-33-21/h4-15,19,26H,16H2,1-3H3,(H,27,29)(H,28,30). The Hall–Kier alpha value is -3.89. The van der Waals surface area contributed by atoms with E-state index in [2.05, 4.69) is 15.6 Å². The maximum Gasteiger partial charge on any atom is 0.279 e. The lowest BCUT2D eigenvalue weighted by Crippen LogP contribution is -2.46. The van der Waals surface area contributed by atoms with Crippen LogP contribution >= 0.6 is 0 Å². The molecule has 0 saturated carbocycles. The summed E-state index contributed by atoms with van der Waals surface area (Å²) >= 11 is 0. The lowest BCUT2D eigenvalue weighted by atomic mass is 10.1. The topological polar surface area (TPSA) is 127 Å². The fraction of sp³-hybridized carbons (Fsp3) is 0.200. The summed E-state index contributed by atoms with van der Waals surface area (Å²) in [6.45, 7) is 5.47. The van der Waals surface area contributed by atoms with Crippen LogP contribution < -0.4 is 20.3 Å². The monoisotopic (exact) mass is 497 g/mol. The van der Waals surface area contributed by atoms with E-state index in [0.29, 0.717) is 17.1 Å². The number of sulfonamides is 1. The quantitative estimate of drug-likeness (QED) is 0.308. The molecule has 1 heterocycles. The molecule has 0 saturated heterocycles. The molecule has 1 unspecified atom stereocenters. The minimum absolute atomic E-state index is 0.0388. The lowest BCUT2D eigenvalue weighted by Gasteiger charge is -2.17. The Kier molecular flexibility index (Phi) is 8.45. The van der Waals surface area contributed by atoms with Crippen molar-refractivity contribution >= 4 is 27.9 Å². The highest BCUT2D eigenvalue weighted by molar-refractivity contribution is 7.89. The van der Waals surface area contributed by atoms with E-state index in [0.717, 1.165) is 11.1 Å². The van der Waals surface area contributed by atoms with Crippen molar-refractivity contribution in [1.29, 1.82) is 0 Å². The number of aryl methyl sites for hydroxylation is 1. The van der Waals surface area contributed by atoms with Crippen molar-refractivity contribution in [2.45, 2.75) is 38.3 Å². The zero-order valence-corrected chi connectivity index (χ0v) is 20.4. The molecule has 2 amide bonds. The Labute approximate surface area is 204 Å². The fourth-order valence-corrected chi connectivity index (χ4v) is 3.95. The van der Waals surface area contributed by atoms with E-state index in [4.69, 9.17) is 9.15 Å². The highest BCUT2D eigenvalue weighted by atomic mass is 32.2. The van der Waals surface area contributed by atoms with Crippen LogP contribution in [0.4, 0.5) is 0 Å². The van der Waals surface area contributed by atoms with Crippen molar-refractivity contribution in [3.8, 4) is 5.75 Å². The molecule has 1 atom stereocenters. The Morgan fingerprint density at radius 3 is 2.46 bits per heavy atom. The van der Waals surface area contributed by atoms with Crippen molar-refractivity contribution in [1.82, 2.24) is 15.6 Å². The third-order valence-electron chi connectivity index (χ3n) is 5.17. The van der Waals surface area contributed by atoms with Gasteiger partial charge in [-0.2, -0.15) is 0 Å². The minimum Gasteiger partial charge on any atom is -0.481 e. The van der Waals surface area contributed by atoms with Crippen molar-refractivity contribution in [2.75, 3.05) is 0 Å². The Morgan fingerprint density at radius 1 is 1.03 bits per heavy atom. The van der Waals surface area contributed by atoms with Gasteiger partial charge in [0.1, 0.15) is 11.5 Å². The first-order chi connectivity index (χ1) is 16.7. The first-order valence-corrected chi connectivity index (χ1v) is 12.3. The van der Waals surface area contributed by atoms with E-state index in [1.165, 1.54) is 30.5 Å². The molecular weight excluding hydrogens is 470 g/mol. The second-order valence-corrected chi connectivity index (χ2v) is 9.51. The largest absolute Gasteiger partial charge is 0.481 e. The lowest BCUT2D eigenvalue weighted by molar-refractivity contribution is -0.131. The number of carbonyl (C=O) groups excluding carboxylic acids is 2. The minimum atomic E-state index is -3.71. The van der Waals surface area contributed by atoms with E-state index < -0.39 is 27.9 Å². The van der Waals surface area contributed by atoms with Crippen LogP contribution in [0.1, 0.15) is 29.4 Å². The van der Waals surface area contributed by atoms with Gasteiger partial charge in [0.15, 0.2) is 6.10 Å². The normalized spacial score (nSPS) is 12.3. The maximum absolute atomic E-state index is 12.4. The first-order valence-electron chi connectivity index (χ1n) is 10.8. The number of carbonyl (C=O) groups is 2. The van der Waals surface area contributed by atoms with Crippen molar-refractivity contribution in [2.24, 2.45) is 0 Å². The second kappa shape index (κ2) is 11.5. The van der Waals surface area contributed by atoms with Gasteiger partial charge in [0, 0.05) is 6.08 Å². The third kappa shape index (κ3) is 7.29. The van der Waals surface area contributed by atoms with Gasteiger partial charge in [0.25, 0.3) is 11.8 Å². The summed E-state index contributed by atoms with van der Waals surface area (Å²) in [4.78, 5) is 24.4. The molecule has 0 radical (unpaired) electrons. The zero-order chi connectivity index (χ0) is 25.4. The molecular formula is C25H27N3O6S. The molecule has 184 valence electrons. The smallest absolute Gasteiger partial charge is 0.279 e. The predicted octanol–water partition coefficient (Wildman–Crippen LogP) is 3.00. The summed E-state index contributed by atoms with van der Waals surface area (Å²) in [5.74, 6) is 0.0244. The van der Waals surface area contributed by atoms with Gasteiger partial charge in [0.2, 0.25) is 10.0 Å². The molecule has 1 aromatic heterocycles. The first kappa shape index (κ1) is 25.7. The van der Waals surface area contributed by atoms with Crippen molar-refractivity contribution in [3.05, 3.63) is 89.4 Å². The molecule has 3 N–H and O–H groups in total. The summed E-state index contributed by atoms with van der Waals surface area (Å²) in [5.41, 5.74) is 7.19. The molecule has 0 fully saturated rings. The number of ether oxygens (including phenoxy) is 1. The number of hydrazine groups is 1. The van der Waals surface area contributed by atoms with Gasteiger partial charge in [-0.1, -0.05) is 24.3 Å². The van der Waals surface area contributed by atoms with Gasteiger partial charge in [-0.25, -0.2) is 13.1 Å². The van der Waals surface area contributed by atoms with E-state index in [1.54, 1.807) is 37.3 Å². The number of rotatable bonds is 9.